The number of amides is 2. The van der Waals surface area contributed by atoms with Crippen molar-refractivity contribution >= 4 is 27.7 Å². The van der Waals surface area contributed by atoms with Crippen molar-refractivity contribution in [1.29, 1.82) is 0 Å². The van der Waals surface area contributed by atoms with Gasteiger partial charge in [-0.3, -0.25) is 29.4 Å². The molecule has 0 unspecified atom stereocenters. The molecular weight excluding hydrogens is 707 g/mol. The van der Waals surface area contributed by atoms with Crippen LogP contribution in [0.1, 0.15) is 24.2 Å². The van der Waals surface area contributed by atoms with Crippen LogP contribution >= 0.6 is 15.9 Å². The maximum atomic E-state index is 16.4. The van der Waals surface area contributed by atoms with E-state index in [0.717, 1.165) is 38.3 Å². The van der Waals surface area contributed by atoms with Gasteiger partial charge in [-0.25, -0.2) is 14.4 Å². The third-order valence-corrected chi connectivity index (χ3v) is 11.1. The summed E-state index contributed by atoms with van der Waals surface area (Å²) in [5.41, 5.74) is 4.40. The molecule has 6 heterocycles. The van der Waals surface area contributed by atoms with Crippen LogP contribution in [0.15, 0.2) is 53.3 Å². The summed E-state index contributed by atoms with van der Waals surface area (Å²) >= 11 is 3.74. The first-order valence-corrected chi connectivity index (χ1v) is 17.3. The van der Waals surface area contributed by atoms with Crippen molar-refractivity contribution in [2.24, 2.45) is 10.8 Å². The van der Waals surface area contributed by atoms with E-state index in [9.17, 15) is 9.59 Å². The quantitative estimate of drug-likeness (QED) is 0.261. The lowest BCUT2D eigenvalue weighted by atomic mass is 9.79. The summed E-state index contributed by atoms with van der Waals surface area (Å²) in [5, 5.41) is 5.86. The number of methoxy groups -OCH3 is 2. The number of hydrogen-bond acceptors (Lipinski definition) is 10. The Hall–Kier alpha value is -4.53. The number of hydrogen-bond donors (Lipinski definition) is 2. The third kappa shape index (κ3) is 5.88. The second kappa shape index (κ2) is 12.7. The van der Waals surface area contributed by atoms with Crippen molar-refractivity contribution < 1.29 is 23.5 Å². The van der Waals surface area contributed by atoms with Crippen LogP contribution in [0.3, 0.4) is 0 Å². The number of halogens is 2. The summed E-state index contributed by atoms with van der Waals surface area (Å²) in [6.07, 6.45) is 4.40. The topological polar surface area (TPSA) is 135 Å². The molecule has 4 saturated heterocycles. The first kappa shape index (κ1) is 32.7. The normalized spacial score (nSPS) is 19.3. The van der Waals surface area contributed by atoms with Crippen molar-refractivity contribution in [3.8, 4) is 45.4 Å². The summed E-state index contributed by atoms with van der Waals surface area (Å²) in [6, 6.07) is 10.8. The Balaban J connectivity index is 1.01. The van der Waals surface area contributed by atoms with Gasteiger partial charge in [-0.15, -0.1) is 0 Å². The van der Waals surface area contributed by atoms with Crippen molar-refractivity contribution in [3.63, 3.8) is 0 Å². The molecule has 14 heteroatoms. The number of likely N-dealkylation sites (tertiary alicyclic amines) is 2. The van der Waals surface area contributed by atoms with Gasteiger partial charge in [0.15, 0.2) is 0 Å². The smallest absolute Gasteiger partial charge is 0.237 e. The molecule has 8 rings (SSSR count). The highest BCUT2D eigenvalue weighted by Gasteiger charge is 2.49. The van der Waals surface area contributed by atoms with Crippen molar-refractivity contribution in [2.75, 3.05) is 53.5 Å². The number of benzene rings is 2. The molecule has 50 heavy (non-hydrogen) atoms. The van der Waals surface area contributed by atoms with Gasteiger partial charge >= 0.3 is 0 Å². The zero-order chi connectivity index (χ0) is 34.6. The number of nitrogens with zero attached hydrogens (tertiary/aromatic N) is 6. The van der Waals surface area contributed by atoms with Crippen LogP contribution in [0.4, 0.5) is 4.39 Å². The predicted molar refractivity (Wildman–Crippen MR) is 185 cm³/mol. The van der Waals surface area contributed by atoms with E-state index in [4.69, 9.17) is 19.4 Å². The minimum atomic E-state index is -0.442. The molecule has 2 N–H and O–H groups in total. The number of rotatable bonds is 9. The van der Waals surface area contributed by atoms with Crippen molar-refractivity contribution in [1.82, 2.24) is 40.4 Å². The van der Waals surface area contributed by atoms with Crippen LogP contribution < -0.4 is 20.1 Å². The van der Waals surface area contributed by atoms with E-state index in [1.54, 1.807) is 37.7 Å². The molecule has 4 fully saturated rings. The molecule has 4 aromatic rings. The first-order valence-electron chi connectivity index (χ1n) is 16.5. The number of ether oxygens (including phenoxy) is 2. The lowest BCUT2D eigenvalue weighted by molar-refractivity contribution is -0.121. The molecule has 4 aliphatic heterocycles. The Morgan fingerprint density at radius 2 is 1.20 bits per heavy atom. The Morgan fingerprint density at radius 1 is 0.740 bits per heavy atom. The lowest BCUT2D eigenvalue weighted by Crippen LogP contribution is -2.56. The third-order valence-electron chi connectivity index (χ3n) is 10.2. The molecule has 2 amide bonds. The largest absolute Gasteiger partial charge is 0.480 e. The lowest BCUT2D eigenvalue weighted by Gasteiger charge is -2.46. The first-order chi connectivity index (χ1) is 24.2. The van der Waals surface area contributed by atoms with Gasteiger partial charge in [-0.05, 0) is 27.6 Å². The van der Waals surface area contributed by atoms with Crippen LogP contribution in [0.2, 0.25) is 0 Å². The molecular formula is C36H36BrFN8O4. The van der Waals surface area contributed by atoms with Gasteiger partial charge in [0.25, 0.3) is 0 Å². The molecule has 0 atom stereocenters. The molecule has 2 spiro atoms. The molecule has 2 aromatic heterocycles. The second-order valence-corrected chi connectivity index (χ2v) is 14.7. The molecule has 0 aliphatic carbocycles. The van der Waals surface area contributed by atoms with Gasteiger partial charge in [0, 0.05) is 97.2 Å². The minimum Gasteiger partial charge on any atom is -0.480 e. The number of nitrogens with one attached hydrogen (secondary N) is 2. The zero-order valence-electron chi connectivity index (χ0n) is 27.8. The van der Waals surface area contributed by atoms with Gasteiger partial charge in [0.05, 0.1) is 38.0 Å². The average molecular weight is 744 g/mol. The number of aromatic nitrogens is 4. The van der Waals surface area contributed by atoms with Gasteiger partial charge in [-0.2, -0.15) is 0 Å². The fraction of sp³-hybridized carbons (Fsp3) is 0.389. The van der Waals surface area contributed by atoms with Crippen molar-refractivity contribution in [2.45, 2.75) is 25.9 Å². The van der Waals surface area contributed by atoms with Crippen LogP contribution in [-0.2, 0) is 22.7 Å². The standard InChI is InChI=1S/C36H36BrFN8O4/c1-49-33-27(13-45-17-35(18-45)9-29(47)41-15-35)39-11-25(43-33)23-7-3-5-21(31(23)37)22-6-4-8-24(32(22)38)26-12-40-28(34(44-26)50-2)14-46-19-36(20-46)10-30(48)42-16-36/h3-8,11-12H,9-10,13-20H2,1-2H3,(H,41,47)(H,42,48). The molecule has 4 aliphatic rings. The Kier molecular flexibility index (Phi) is 8.27. The van der Waals surface area contributed by atoms with Gasteiger partial charge in [0.1, 0.15) is 17.2 Å². The summed E-state index contributed by atoms with van der Waals surface area (Å²) in [6.45, 7) is 5.76. The summed E-state index contributed by atoms with van der Waals surface area (Å²) in [5.74, 6) is 0.537. The monoisotopic (exact) mass is 742 g/mol. The van der Waals surface area contributed by atoms with E-state index in [0.29, 0.717) is 88.2 Å². The minimum absolute atomic E-state index is 0.00412. The highest BCUT2D eigenvalue weighted by atomic mass is 79.9. The van der Waals surface area contributed by atoms with Crippen LogP contribution in [-0.4, -0.2) is 95.0 Å². The highest BCUT2D eigenvalue weighted by molar-refractivity contribution is 9.10. The zero-order valence-corrected chi connectivity index (χ0v) is 29.3. The predicted octanol–water partition coefficient (Wildman–Crippen LogP) is 3.83. The van der Waals surface area contributed by atoms with E-state index < -0.39 is 5.82 Å². The van der Waals surface area contributed by atoms with E-state index in [1.807, 2.05) is 18.2 Å². The Labute approximate surface area is 296 Å². The molecule has 0 saturated carbocycles. The van der Waals surface area contributed by atoms with E-state index >= 15 is 4.39 Å². The van der Waals surface area contributed by atoms with Gasteiger partial charge in [-0.1, -0.05) is 30.3 Å². The van der Waals surface area contributed by atoms with Crippen LogP contribution in [0, 0.1) is 16.6 Å². The Morgan fingerprint density at radius 3 is 1.68 bits per heavy atom. The van der Waals surface area contributed by atoms with Crippen LogP contribution in [0.5, 0.6) is 11.8 Å². The fourth-order valence-corrected chi connectivity index (χ4v) is 8.56. The molecule has 2 aromatic carbocycles. The maximum Gasteiger partial charge on any atom is 0.237 e. The van der Waals surface area contributed by atoms with Gasteiger partial charge in [0.2, 0.25) is 23.6 Å². The van der Waals surface area contributed by atoms with Crippen molar-refractivity contribution in [3.05, 3.63) is 70.5 Å². The second-order valence-electron chi connectivity index (χ2n) is 14.0. The SMILES string of the molecule is COc1nc(-c2cccc(-c3cccc(-c4cnc(CN5CC6(CNC(=O)C6)C5)c(OC)n4)c3Br)c2F)cnc1CN1CC2(CNC(=O)C2)C1. The number of carbonyl (C=O) groups excluding carboxylic acids is 2. The molecule has 0 radical (unpaired) electrons. The maximum absolute atomic E-state index is 16.4. The van der Waals surface area contributed by atoms with E-state index in [1.165, 1.54) is 7.11 Å². The molecule has 12 nitrogen and oxygen atoms in total. The van der Waals surface area contributed by atoms with E-state index in [2.05, 4.69) is 46.3 Å². The molecule has 0 bridgehead atoms. The van der Waals surface area contributed by atoms with Gasteiger partial charge < -0.3 is 20.1 Å². The summed E-state index contributed by atoms with van der Waals surface area (Å²) < 4.78 is 28.3. The van der Waals surface area contributed by atoms with E-state index in [-0.39, 0.29) is 22.6 Å². The highest BCUT2D eigenvalue weighted by Crippen LogP contribution is 2.42. The summed E-state index contributed by atoms with van der Waals surface area (Å²) in [4.78, 5) is 46.7. The summed E-state index contributed by atoms with van der Waals surface area (Å²) in [7, 11) is 3.11. The van der Waals surface area contributed by atoms with Crippen LogP contribution in [0.25, 0.3) is 33.6 Å². The molecule has 258 valence electrons. The Bertz CT molecular complexity index is 1870. The number of carbonyl (C=O) groups is 2. The fourth-order valence-electron chi connectivity index (χ4n) is 7.88. The average Bonchev–Trinajstić information content (AvgIpc) is 3.68.